The molecule has 1 N–H and O–H groups in total. The number of nitrogens with zero attached hydrogens (tertiary/aromatic N) is 2. The Morgan fingerprint density at radius 3 is 2.29 bits per heavy atom. The van der Waals surface area contributed by atoms with E-state index in [1.807, 2.05) is 0 Å². The monoisotopic (exact) mass is 407 g/mol. The van der Waals surface area contributed by atoms with Crippen LogP contribution in [0, 0.1) is 5.82 Å². The van der Waals surface area contributed by atoms with Crippen molar-refractivity contribution in [2.24, 2.45) is 5.10 Å². The molecule has 0 heterocycles. The Labute approximate surface area is 161 Å². The number of hydrazone groups is 1. The third kappa shape index (κ3) is 6.47. The number of benzene rings is 2. The number of halogens is 1. The van der Waals surface area contributed by atoms with E-state index in [1.54, 1.807) is 24.3 Å². The van der Waals surface area contributed by atoms with Gasteiger partial charge < -0.3 is 4.74 Å². The fourth-order valence-electron chi connectivity index (χ4n) is 2.14. The van der Waals surface area contributed by atoms with E-state index in [9.17, 15) is 22.4 Å². The normalized spacial score (nSPS) is 11.2. The van der Waals surface area contributed by atoms with Gasteiger partial charge >= 0.3 is 5.97 Å². The topological polar surface area (TPSA) is 105 Å². The minimum atomic E-state index is -3.76. The van der Waals surface area contributed by atoms with Gasteiger partial charge in [0.15, 0.2) is 0 Å². The largest absolute Gasteiger partial charge is 0.427 e. The average Bonchev–Trinajstić information content (AvgIpc) is 2.61. The van der Waals surface area contributed by atoms with E-state index in [4.69, 9.17) is 4.74 Å². The van der Waals surface area contributed by atoms with Crippen molar-refractivity contribution in [1.82, 2.24) is 5.43 Å². The number of carbonyl (C=O) groups is 2. The van der Waals surface area contributed by atoms with Crippen LogP contribution in [0.1, 0.15) is 12.5 Å². The molecule has 0 atom stereocenters. The van der Waals surface area contributed by atoms with Gasteiger partial charge in [0.1, 0.15) is 18.1 Å². The van der Waals surface area contributed by atoms with Crippen molar-refractivity contribution >= 4 is 33.8 Å². The molecule has 0 radical (unpaired) electrons. The first-order valence-electron chi connectivity index (χ1n) is 7.99. The van der Waals surface area contributed by atoms with Crippen LogP contribution in [0.15, 0.2) is 53.6 Å². The lowest BCUT2D eigenvalue weighted by Gasteiger charge is -2.21. The van der Waals surface area contributed by atoms with Gasteiger partial charge in [-0.1, -0.05) is 0 Å². The molecular weight excluding hydrogens is 389 g/mol. The summed E-state index contributed by atoms with van der Waals surface area (Å²) >= 11 is 0. The van der Waals surface area contributed by atoms with Gasteiger partial charge in [-0.2, -0.15) is 5.10 Å². The molecule has 0 saturated carbocycles. The van der Waals surface area contributed by atoms with Crippen LogP contribution in [0.4, 0.5) is 10.1 Å². The van der Waals surface area contributed by atoms with Crippen molar-refractivity contribution in [3.05, 3.63) is 59.9 Å². The van der Waals surface area contributed by atoms with Crippen LogP contribution in [-0.2, 0) is 19.6 Å². The van der Waals surface area contributed by atoms with Crippen molar-refractivity contribution in [2.45, 2.75) is 6.92 Å². The summed E-state index contributed by atoms with van der Waals surface area (Å²) in [5.74, 6) is -1.27. The molecule has 0 spiro atoms. The molecule has 0 saturated heterocycles. The SMILES string of the molecule is CC(=O)Oc1ccc(/C=N\NC(=O)CN(c2ccc(F)cc2)S(C)(=O)=O)cc1. The molecular formula is C18H18FN3O5S. The van der Waals surface area contributed by atoms with Crippen LogP contribution in [0.25, 0.3) is 0 Å². The number of hydrogen-bond donors (Lipinski definition) is 1. The van der Waals surface area contributed by atoms with Gasteiger partial charge in [-0.05, 0) is 54.1 Å². The fraction of sp³-hybridized carbons (Fsp3) is 0.167. The van der Waals surface area contributed by atoms with Crippen LogP contribution in [0.3, 0.4) is 0 Å². The van der Waals surface area contributed by atoms with Gasteiger partial charge in [0.05, 0.1) is 18.2 Å². The minimum Gasteiger partial charge on any atom is -0.427 e. The molecule has 2 rings (SSSR count). The van der Waals surface area contributed by atoms with Gasteiger partial charge in [0, 0.05) is 6.92 Å². The second kappa shape index (κ2) is 9.09. The summed E-state index contributed by atoms with van der Waals surface area (Å²) in [6.45, 7) is 0.768. The summed E-state index contributed by atoms with van der Waals surface area (Å²) in [6, 6.07) is 11.1. The molecule has 0 bridgehead atoms. The zero-order chi connectivity index (χ0) is 20.7. The molecule has 0 fully saturated rings. The molecule has 8 nitrogen and oxygen atoms in total. The van der Waals surface area contributed by atoms with Crippen LogP contribution in [0.5, 0.6) is 5.75 Å². The third-order valence-electron chi connectivity index (χ3n) is 3.35. The van der Waals surface area contributed by atoms with Crippen molar-refractivity contribution < 1.29 is 27.1 Å². The van der Waals surface area contributed by atoms with E-state index in [-0.39, 0.29) is 5.69 Å². The standard InChI is InChI=1S/C18H18FN3O5S/c1-13(23)27-17-9-3-14(4-10-17)11-20-21-18(24)12-22(28(2,25)26)16-7-5-15(19)6-8-16/h3-11H,12H2,1-2H3,(H,21,24)/b20-11-. The summed E-state index contributed by atoms with van der Waals surface area (Å²) in [7, 11) is -3.76. The lowest BCUT2D eigenvalue weighted by Crippen LogP contribution is -2.39. The van der Waals surface area contributed by atoms with Crippen LogP contribution < -0.4 is 14.5 Å². The van der Waals surface area contributed by atoms with Crippen molar-refractivity contribution in [2.75, 3.05) is 17.1 Å². The Morgan fingerprint density at radius 2 is 1.75 bits per heavy atom. The van der Waals surface area contributed by atoms with E-state index in [1.165, 1.54) is 25.3 Å². The zero-order valence-corrected chi connectivity index (χ0v) is 15.9. The molecule has 28 heavy (non-hydrogen) atoms. The molecule has 148 valence electrons. The molecule has 1 amide bonds. The molecule has 2 aromatic carbocycles. The van der Waals surface area contributed by atoms with E-state index in [0.717, 1.165) is 22.7 Å². The maximum atomic E-state index is 13.0. The maximum absolute atomic E-state index is 13.0. The van der Waals surface area contributed by atoms with Crippen molar-refractivity contribution in [1.29, 1.82) is 0 Å². The molecule has 10 heteroatoms. The fourth-order valence-corrected chi connectivity index (χ4v) is 3.00. The first-order chi connectivity index (χ1) is 13.1. The molecule has 0 aromatic heterocycles. The molecule has 2 aromatic rings. The van der Waals surface area contributed by atoms with E-state index >= 15 is 0 Å². The predicted molar refractivity (Wildman–Crippen MR) is 102 cm³/mol. The Balaban J connectivity index is 2.00. The Hall–Kier alpha value is -3.27. The number of anilines is 1. The summed E-state index contributed by atoms with van der Waals surface area (Å²) < 4.78 is 42.6. The summed E-state index contributed by atoms with van der Waals surface area (Å²) in [5, 5.41) is 3.76. The van der Waals surface area contributed by atoms with Crippen molar-refractivity contribution in [3.63, 3.8) is 0 Å². The lowest BCUT2D eigenvalue weighted by molar-refractivity contribution is -0.131. The number of esters is 1. The summed E-state index contributed by atoms with van der Waals surface area (Å²) in [6.07, 6.45) is 2.29. The molecule has 0 aliphatic carbocycles. The Kier molecular flexibility index (Phi) is 6.83. The van der Waals surface area contributed by atoms with Gasteiger partial charge in [0.25, 0.3) is 5.91 Å². The minimum absolute atomic E-state index is 0.157. The van der Waals surface area contributed by atoms with Gasteiger partial charge in [0.2, 0.25) is 10.0 Å². The number of sulfonamides is 1. The molecule has 0 aliphatic rings. The highest BCUT2D eigenvalue weighted by Crippen LogP contribution is 2.17. The van der Waals surface area contributed by atoms with Crippen LogP contribution >= 0.6 is 0 Å². The number of nitrogens with one attached hydrogen (secondary N) is 1. The predicted octanol–water partition coefficient (Wildman–Crippen LogP) is 1.67. The van der Waals surface area contributed by atoms with Crippen LogP contribution in [-0.4, -0.2) is 39.3 Å². The van der Waals surface area contributed by atoms with E-state index in [2.05, 4.69) is 10.5 Å². The average molecular weight is 407 g/mol. The molecule has 0 unspecified atom stereocenters. The highest BCUT2D eigenvalue weighted by Gasteiger charge is 2.20. The Morgan fingerprint density at radius 1 is 1.14 bits per heavy atom. The van der Waals surface area contributed by atoms with Gasteiger partial charge in [-0.15, -0.1) is 0 Å². The Bertz CT molecular complexity index is 973. The van der Waals surface area contributed by atoms with Crippen LogP contribution in [0.2, 0.25) is 0 Å². The third-order valence-corrected chi connectivity index (χ3v) is 4.49. The lowest BCUT2D eigenvalue weighted by atomic mass is 10.2. The summed E-state index contributed by atoms with van der Waals surface area (Å²) in [5.41, 5.74) is 3.00. The van der Waals surface area contributed by atoms with E-state index in [0.29, 0.717) is 11.3 Å². The number of amides is 1. The quantitative estimate of drug-likeness (QED) is 0.325. The second-order valence-electron chi connectivity index (χ2n) is 5.70. The first kappa shape index (κ1) is 21.0. The van der Waals surface area contributed by atoms with E-state index < -0.39 is 34.3 Å². The number of rotatable bonds is 7. The number of ether oxygens (including phenoxy) is 1. The second-order valence-corrected chi connectivity index (χ2v) is 7.61. The van der Waals surface area contributed by atoms with Crippen molar-refractivity contribution in [3.8, 4) is 5.75 Å². The highest BCUT2D eigenvalue weighted by atomic mass is 32.2. The highest BCUT2D eigenvalue weighted by molar-refractivity contribution is 7.92. The maximum Gasteiger partial charge on any atom is 0.308 e. The summed E-state index contributed by atoms with van der Waals surface area (Å²) in [4.78, 5) is 22.9. The zero-order valence-electron chi connectivity index (χ0n) is 15.1. The first-order valence-corrected chi connectivity index (χ1v) is 9.83. The number of hydrogen-bond acceptors (Lipinski definition) is 6. The smallest absolute Gasteiger partial charge is 0.308 e. The molecule has 0 aliphatic heterocycles. The van der Waals surface area contributed by atoms with Gasteiger partial charge in [-0.3, -0.25) is 13.9 Å². The van der Waals surface area contributed by atoms with Gasteiger partial charge in [-0.25, -0.2) is 18.2 Å². The number of carbonyl (C=O) groups excluding carboxylic acids is 2.